The summed E-state index contributed by atoms with van der Waals surface area (Å²) in [6.07, 6.45) is 8.96. The fourth-order valence-corrected chi connectivity index (χ4v) is 5.22. The van der Waals surface area contributed by atoms with Gasteiger partial charge in [0.25, 0.3) is 5.56 Å². The van der Waals surface area contributed by atoms with E-state index in [2.05, 4.69) is 0 Å². The van der Waals surface area contributed by atoms with Crippen LogP contribution >= 0.6 is 11.8 Å². The van der Waals surface area contributed by atoms with Crippen molar-refractivity contribution in [2.75, 3.05) is 18.8 Å². The van der Waals surface area contributed by atoms with Gasteiger partial charge in [-0.05, 0) is 37.8 Å². The van der Waals surface area contributed by atoms with Gasteiger partial charge >= 0.3 is 0 Å². The van der Waals surface area contributed by atoms with Crippen molar-refractivity contribution in [1.29, 1.82) is 0 Å². The molecule has 1 aliphatic carbocycles. The van der Waals surface area contributed by atoms with Crippen molar-refractivity contribution in [3.8, 4) is 0 Å². The Bertz CT molecular complexity index is 865. The van der Waals surface area contributed by atoms with E-state index in [9.17, 15) is 9.59 Å². The monoisotopic (exact) mass is 385 g/mol. The molecule has 1 aromatic carbocycles. The zero-order chi connectivity index (χ0) is 18.6. The fraction of sp³-hybridized carbons (Fsp3) is 0.571. The molecular weight excluding hydrogens is 358 g/mol. The van der Waals surface area contributed by atoms with Crippen molar-refractivity contribution in [2.45, 2.75) is 62.6 Å². The van der Waals surface area contributed by atoms with Gasteiger partial charge in [-0.2, -0.15) is 0 Å². The summed E-state index contributed by atoms with van der Waals surface area (Å²) >= 11 is 1.43. The molecular formula is C21H27N3O2S. The van der Waals surface area contributed by atoms with Crippen molar-refractivity contribution in [3.05, 3.63) is 34.6 Å². The van der Waals surface area contributed by atoms with Crippen molar-refractivity contribution in [1.82, 2.24) is 14.5 Å². The molecule has 1 aromatic heterocycles. The van der Waals surface area contributed by atoms with E-state index in [1.54, 1.807) is 0 Å². The van der Waals surface area contributed by atoms with Crippen molar-refractivity contribution < 1.29 is 4.79 Å². The van der Waals surface area contributed by atoms with Crippen molar-refractivity contribution in [2.24, 2.45) is 0 Å². The third-order valence-electron chi connectivity index (χ3n) is 5.75. The minimum atomic E-state index is 0.0391. The molecule has 0 N–H and O–H groups in total. The normalized spacial score (nSPS) is 18.7. The quantitative estimate of drug-likeness (QED) is 0.589. The molecule has 0 unspecified atom stereocenters. The molecule has 2 heterocycles. The van der Waals surface area contributed by atoms with Crippen molar-refractivity contribution in [3.63, 3.8) is 0 Å². The van der Waals surface area contributed by atoms with Gasteiger partial charge in [0.15, 0.2) is 5.16 Å². The van der Waals surface area contributed by atoms with Gasteiger partial charge in [0.1, 0.15) is 0 Å². The van der Waals surface area contributed by atoms with Gasteiger partial charge in [-0.15, -0.1) is 0 Å². The zero-order valence-corrected chi connectivity index (χ0v) is 16.5. The molecule has 0 bridgehead atoms. The maximum absolute atomic E-state index is 13.1. The lowest BCUT2D eigenvalue weighted by atomic mass is 10.2. The number of benzene rings is 1. The van der Waals surface area contributed by atoms with E-state index in [0.29, 0.717) is 16.3 Å². The average molecular weight is 386 g/mol. The van der Waals surface area contributed by atoms with Crippen LogP contribution in [0.1, 0.15) is 57.4 Å². The first-order valence-electron chi connectivity index (χ1n) is 10.2. The van der Waals surface area contributed by atoms with Crippen LogP contribution in [0.2, 0.25) is 0 Å². The highest BCUT2D eigenvalue weighted by Gasteiger charge is 2.24. The molecule has 1 aliphatic heterocycles. The molecule has 5 nitrogen and oxygen atoms in total. The average Bonchev–Trinajstić information content (AvgIpc) is 3.07. The first-order chi connectivity index (χ1) is 13.2. The van der Waals surface area contributed by atoms with Crippen LogP contribution in [-0.4, -0.2) is 39.2 Å². The molecule has 2 aromatic rings. The number of thioether (sulfide) groups is 1. The largest absolute Gasteiger partial charge is 0.342 e. The van der Waals surface area contributed by atoms with Crippen LogP contribution in [0.5, 0.6) is 0 Å². The zero-order valence-electron chi connectivity index (χ0n) is 15.7. The van der Waals surface area contributed by atoms with Gasteiger partial charge < -0.3 is 4.90 Å². The van der Waals surface area contributed by atoms with Crippen LogP contribution < -0.4 is 5.56 Å². The van der Waals surface area contributed by atoms with E-state index in [1.807, 2.05) is 33.7 Å². The molecule has 2 aliphatic rings. The summed E-state index contributed by atoms with van der Waals surface area (Å²) in [5.41, 5.74) is 0.763. The second-order valence-corrected chi connectivity index (χ2v) is 8.55. The summed E-state index contributed by atoms with van der Waals surface area (Å²) in [7, 11) is 0. The summed E-state index contributed by atoms with van der Waals surface area (Å²) in [5.74, 6) is 0.527. The van der Waals surface area contributed by atoms with Crippen molar-refractivity contribution >= 4 is 28.6 Å². The maximum atomic E-state index is 13.1. The Morgan fingerprint density at radius 3 is 2.48 bits per heavy atom. The minimum absolute atomic E-state index is 0.0391. The number of likely N-dealkylation sites (tertiary alicyclic amines) is 1. The van der Waals surface area contributed by atoms with Gasteiger partial charge in [0.05, 0.1) is 16.7 Å². The number of hydrogen-bond acceptors (Lipinski definition) is 4. The molecule has 1 saturated heterocycles. The number of fused-ring (bicyclic) bond motifs is 1. The number of amides is 1. The summed E-state index contributed by atoms with van der Waals surface area (Å²) < 4.78 is 1.87. The van der Waals surface area contributed by atoms with Gasteiger partial charge in [-0.25, -0.2) is 4.98 Å². The standard InChI is InChI=1S/C21H27N3O2S/c25-19(23-13-7-1-2-8-14-23)15-27-21-22-18-12-6-5-11-17(18)20(26)24(21)16-9-3-4-10-16/h5-6,11-12,16H,1-4,7-10,13-15H2. The third kappa shape index (κ3) is 4.05. The van der Waals surface area contributed by atoms with Gasteiger partial charge in [0, 0.05) is 19.1 Å². The SMILES string of the molecule is O=C(CSc1nc2ccccc2c(=O)n1C1CCCC1)N1CCCCCC1. The molecule has 27 heavy (non-hydrogen) atoms. The van der Waals surface area contributed by atoms with Crippen LogP contribution in [-0.2, 0) is 4.79 Å². The first-order valence-corrected chi connectivity index (χ1v) is 11.1. The highest BCUT2D eigenvalue weighted by molar-refractivity contribution is 7.99. The van der Waals surface area contributed by atoms with E-state index in [1.165, 1.54) is 24.6 Å². The van der Waals surface area contributed by atoms with Crippen LogP contribution in [0.4, 0.5) is 0 Å². The lowest BCUT2D eigenvalue weighted by molar-refractivity contribution is -0.128. The second-order valence-electron chi connectivity index (χ2n) is 7.61. The smallest absolute Gasteiger partial charge is 0.262 e. The number of para-hydroxylation sites is 1. The number of hydrogen-bond donors (Lipinski definition) is 0. The Hall–Kier alpha value is -1.82. The molecule has 1 amide bonds. The molecule has 0 atom stereocenters. The fourth-order valence-electron chi connectivity index (χ4n) is 4.25. The van der Waals surface area contributed by atoms with E-state index in [4.69, 9.17) is 4.98 Å². The number of carbonyl (C=O) groups excluding carboxylic acids is 1. The van der Waals surface area contributed by atoms with E-state index >= 15 is 0 Å². The summed E-state index contributed by atoms with van der Waals surface area (Å²) in [6, 6.07) is 7.75. The third-order valence-corrected chi connectivity index (χ3v) is 6.69. The van der Waals surface area contributed by atoms with Crippen LogP contribution in [0, 0.1) is 0 Å². The molecule has 4 rings (SSSR count). The number of aromatic nitrogens is 2. The Morgan fingerprint density at radius 1 is 1.04 bits per heavy atom. The van der Waals surface area contributed by atoms with Crippen LogP contribution in [0.15, 0.2) is 34.2 Å². The highest BCUT2D eigenvalue weighted by Crippen LogP contribution is 2.32. The van der Waals surface area contributed by atoms with E-state index < -0.39 is 0 Å². The summed E-state index contributed by atoms with van der Waals surface area (Å²) in [6.45, 7) is 1.72. The van der Waals surface area contributed by atoms with Crippen LogP contribution in [0.3, 0.4) is 0 Å². The van der Waals surface area contributed by atoms with Crippen LogP contribution in [0.25, 0.3) is 10.9 Å². The van der Waals surface area contributed by atoms with Gasteiger partial charge in [-0.3, -0.25) is 14.2 Å². The number of rotatable bonds is 4. The maximum Gasteiger partial charge on any atom is 0.262 e. The van der Waals surface area contributed by atoms with E-state index in [0.717, 1.165) is 57.1 Å². The minimum Gasteiger partial charge on any atom is -0.342 e. The predicted molar refractivity (Wildman–Crippen MR) is 109 cm³/mol. The first kappa shape index (κ1) is 18.5. The molecule has 6 heteroatoms. The Kier molecular flexibility index (Phi) is 5.81. The summed E-state index contributed by atoms with van der Waals surface area (Å²) in [4.78, 5) is 32.6. The lowest BCUT2D eigenvalue weighted by Gasteiger charge is -2.21. The molecule has 0 radical (unpaired) electrons. The molecule has 1 saturated carbocycles. The molecule has 2 fully saturated rings. The van der Waals surface area contributed by atoms with Gasteiger partial charge in [0.2, 0.25) is 5.91 Å². The number of carbonyl (C=O) groups is 1. The van der Waals surface area contributed by atoms with E-state index in [-0.39, 0.29) is 17.5 Å². The number of nitrogens with zero attached hydrogens (tertiary/aromatic N) is 3. The molecule has 144 valence electrons. The lowest BCUT2D eigenvalue weighted by Crippen LogP contribution is -2.33. The highest BCUT2D eigenvalue weighted by atomic mass is 32.2. The predicted octanol–water partition coefficient (Wildman–Crippen LogP) is 4.01. The topological polar surface area (TPSA) is 55.2 Å². The van der Waals surface area contributed by atoms with Gasteiger partial charge in [-0.1, -0.05) is 49.6 Å². The molecule has 0 spiro atoms. The Labute approximate surface area is 164 Å². The Balaban J connectivity index is 1.60. The summed E-state index contributed by atoms with van der Waals surface area (Å²) in [5, 5.41) is 1.38. The Morgan fingerprint density at radius 2 is 1.74 bits per heavy atom. The second kappa shape index (κ2) is 8.46.